The van der Waals surface area contributed by atoms with E-state index in [2.05, 4.69) is 9.98 Å². The predicted octanol–water partition coefficient (Wildman–Crippen LogP) is 1.99. The number of rotatable bonds is 2. The lowest BCUT2D eigenvalue weighted by Gasteiger charge is -2.36. The first-order valence-corrected chi connectivity index (χ1v) is 8.74. The molecule has 0 bridgehead atoms. The molecular formula is C18H23FN4O3. The molecule has 0 aliphatic carbocycles. The van der Waals surface area contributed by atoms with Crippen molar-refractivity contribution in [3.8, 4) is 0 Å². The Kier molecular flexibility index (Phi) is 4.93. The van der Waals surface area contributed by atoms with E-state index in [1.165, 1.54) is 0 Å². The Morgan fingerprint density at radius 1 is 1.23 bits per heavy atom. The van der Waals surface area contributed by atoms with Gasteiger partial charge in [-0.2, -0.15) is 4.99 Å². The number of nitrogens with zero attached hydrogens (tertiary/aromatic N) is 4. The second kappa shape index (κ2) is 7.01. The molecule has 3 heterocycles. The first-order chi connectivity index (χ1) is 12.3. The summed E-state index contributed by atoms with van der Waals surface area (Å²) in [4.78, 5) is 36.1. The number of halogens is 1. The molecule has 1 atom stereocenters. The number of carbonyl (C=O) groups excluding carboxylic acids is 2. The van der Waals surface area contributed by atoms with Gasteiger partial charge in [-0.1, -0.05) is 13.8 Å². The van der Waals surface area contributed by atoms with Crippen LogP contribution >= 0.6 is 0 Å². The Bertz CT molecular complexity index is 788. The normalized spacial score (nSPS) is 21.2. The maximum absolute atomic E-state index is 14.0. The molecule has 0 spiro atoms. The van der Waals surface area contributed by atoms with Crippen molar-refractivity contribution in [2.45, 2.75) is 33.9 Å². The largest absolute Gasteiger partial charge is 0.466 e. The van der Waals surface area contributed by atoms with Gasteiger partial charge in [-0.25, -0.2) is 9.38 Å². The van der Waals surface area contributed by atoms with Crippen LogP contribution in [-0.4, -0.2) is 65.6 Å². The van der Waals surface area contributed by atoms with Crippen LogP contribution in [0.2, 0.25) is 0 Å². The summed E-state index contributed by atoms with van der Waals surface area (Å²) in [5.41, 5.74) is 0.782. The lowest BCUT2D eigenvalue weighted by atomic mass is 10.0. The summed E-state index contributed by atoms with van der Waals surface area (Å²) in [5, 5.41) is 0. The van der Waals surface area contributed by atoms with Gasteiger partial charge in [-0.05, 0) is 25.8 Å². The number of carbonyl (C=O) groups is 2. The van der Waals surface area contributed by atoms with Gasteiger partial charge in [0, 0.05) is 26.2 Å². The summed E-state index contributed by atoms with van der Waals surface area (Å²) in [6.07, 6.45) is -1.76. The van der Waals surface area contributed by atoms with Crippen LogP contribution in [0.15, 0.2) is 20.5 Å². The third-order valence-electron chi connectivity index (χ3n) is 4.63. The van der Waals surface area contributed by atoms with Crippen LogP contribution in [0.3, 0.4) is 0 Å². The molecule has 0 aromatic carbocycles. The van der Waals surface area contributed by atoms with E-state index in [1.807, 2.05) is 11.8 Å². The van der Waals surface area contributed by atoms with Crippen LogP contribution in [0.1, 0.15) is 35.7 Å². The molecule has 1 aromatic rings. The molecule has 0 saturated carbocycles. The average Bonchev–Trinajstić information content (AvgIpc) is 2.94. The maximum atomic E-state index is 14.0. The topological polar surface area (TPSA) is 78.5 Å². The van der Waals surface area contributed by atoms with E-state index in [9.17, 15) is 14.0 Å². The van der Waals surface area contributed by atoms with Crippen LogP contribution in [0, 0.1) is 19.8 Å². The fourth-order valence-electron chi connectivity index (χ4n) is 3.17. The summed E-state index contributed by atoms with van der Waals surface area (Å²) >= 11 is 0. The Hall–Kier alpha value is -2.51. The quantitative estimate of drug-likeness (QED) is 0.806. The first kappa shape index (κ1) is 18.3. The Labute approximate surface area is 151 Å². The average molecular weight is 362 g/mol. The Morgan fingerprint density at radius 3 is 2.42 bits per heavy atom. The van der Waals surface area contributed by atoms with Crippen LogP contribution in [-0.2, 0) is 4.79 Å². The van der Waals surface area contributed by atoms with E-state index in [0.717, 1.165) is 0 Å². The van der Waals surface area contributed by atoms with Crippen LogP contribution in [0.4, 0.5) is 4.39 Å². The minimum absolute atomic E-state index is 0.0733. The van der Waals surface area contributed by atoms with Crippen LogP contribution in [0.5, 0.6) is 0 Å². The molecule has 0 radical (unpaired) electrons. The molecule has 3 rings (SSSR count). The Balaban J connectivity index is 1.69. The number of piperazine rings is 1. The fraction of sp³-hybridized carbons (Fsp3) is 0.556. The van der Waals surface area contributed by atoms with Gasteiger partial charge in [0.15, 0.2) is 0 Å². The Morgan fingerprint density at radius 2 is 1.88 bits per heavy atom. The molecule has 2 aliphatic rings. The van der Waals surface area contributed by atoms with Crippen molar-refractivity contribution >= 4 is 23.5 Å². The minimum atomic E-state index is -1.76. The van der Waals surface area contributed by atoms with Gasteiger partial charge in [0.1, 0.15) is 11.5 Å². The smallest absolute Gasteiger partial charge is 0.289 e. The van der Waals surface area contributed by atoms with Crippen molar-refractivity contribution in [2.75, 3.05) is 26.2 Å². The fourth-order valence-corrected chi connectivity index (χ4v) is 3.17. The molecule has 8 heteroatoms. The summed E-state index contributed by atoms with van der Waals surface area (Å²) in [6.45, 7) is 9.10. The number of hydrogen-bond donors (Lipinski definition) is 0. The standard InChI is InChI=1S/C18H23FN4O3/c1-10(2)15-14(19)16(24)21-18(20-15)23-7-5-22(6-8-23)17(25)13-9-11(3)26-12(13)4/h9-10,14H,5-8H2,1-4H3. The lowest BCUT2D eigenvalue weighted by Crippen LogP contribution is -2.51. The van der Waals surface area contributed by atoms with Crippen molar-refractivity contribution in [2.24, 2.45) is 15.9 Å². The number of aliphatic imine (C=N–C) groups is 2. The van der Waals surface area contributed by atoms with Crippen molar-refractivity contribution in [3.05, 3.63) is 23.2 Å². The molecular weight excluding hydrogens is 339 g/mol. The number of aryl methyl sites for hydroxylation is 2. The summed E-state index contributed by atoms with van der Waals surface area (Å²) < 4.78 is 19.4. The lowest BCUT2D eigenvalue weighted by molar-refractivity contribution is -0.120. The second-order valence-corrected chi connectivity index (χ2v) is 6.91. The highest BCUT2D eigenvalue weighted by Crippen LogP contribution is 2.19. The number of hydrogen-bond acceptors (Lipinski definition) is 5. The highest BCUT2D eigenvalue weighted by molar-refractivity contribution is 6.18. The van der Waals surface area contributed by atoms with E-state index in [4.69, 9.17) is 4.42 Å². The third kappa shape index (κ3) is 3.40. The van der Waals surface area contributed by atoms with Crippen molar-refractivity contribution in [1.82, 2.24) is 9.80 Å². The SMILES string of the molecule is Cc1cc(C(=O)N2CCN(C3=NC(=O)C(F)C(C(C)C)=N3)CC2)c(C)o1. The highest BCUT2D eigenvalue weighted by atomic mass is 19.1. The van der Waals surface area contributed by atoms with E-state index < -0.39 is 12.1 Å². The summed E-state index contributed by atoms with van der Waals surface area (Å²) in [7, 11) is 0. The number of alkyl halides is 1. The van der Waals surface area contributed by atoms with E-state index in [-0.39, 0.29) is 23.5 Å². The van der Waals surface area contributed by atoms with Crippen LogP contribution in [0.25, 0.3) is 0 Å². The summed E-state index contributed by atoms with van der Waals surface area (Å²) in [5.74, 6) is 0.510. The van der Waals surface area contributed by atoms with Gasteiger partial charge in [0.25, 0.3) is 11.8 Å². The zero-order chi connectivity index (χ0) is 19.0. The predicted molar refractivity (Wildman–Crippen MR) is 95.3 cm³/mol. The minimum Gasteiger partial charge on any atom is -0.466 e. The molecule has 140 valence electrons. The molecule has 1 saturated heterocycles. The monoisotopic (exact) mass is 362 g/mol. The molecule has 26 heavy (non-hydrogen) atoms. The molecule has 2 amide bonds. The van der Waals surface area contributed by atoms with Crippen LogP contribution < -0.4 is 0 Å². The van der Waals surface area contributed by atoms with Gasteiger partial charge < -0.3 is 14.2 Å². The number of amides is 2. The van der Waals surface area contributed by atoms with Gasteiger partial charge >= 0.3 is 0 Å². The van der Waals surface area contributed by atoms with Gasteiger partial charge in [-0.15, -0.1) is 0 Å². The second-order valence-electron chi connectivity index (χ2n) is 6.91. The zero-order valence-corrected chi connectivity index (χ0v) is 15.5. The number of guanidine groups is 1. The molecule has 7 nitrogen and oxygen atoms in total. The van der Waals surface area contributed by atoms with E-state index in [1.54, 1.807) is 31.7 Å². The molecule has 1 fully saturated rings. The third-order valence-corrected chi connectivity index (χ3v) is 4.63. The van der Waals surface area contributed by atoms with Gasteiger partial charge in [0.2, 0.25) is 12.1 Å². The van der Waals surface area contributed by atoms with Crippen molar-refractivity contribution < 1.29 is 18.4 Å². The van der Waals surface area contributed by atoms with Crippen molar-refractivity contribution in [3.63, 3.8) is 0 Å². The highest BCUT2D eigenvalue weighted by Gasteiger charge is 2.33. The molecule has 1 aromatic heterocycles. The maximum Gasteiger partial charge on any atom is 0.289 e. The van der Waals surface area contributed by atoms with E-state index >= 15 is 0 Å². The first-order valence-electron chi connectivity index (χ1n) is 8.74. The zero-order valence-electron chi connectivity index (χ0n) is 15.5. The van der Waals surface area contributed by atoms with E-state index in [0.29, 0.717) is 43.3 Å². The van der Waals surface area contributed by atoms with Crippen molar-refractivity contribution in [1.29, 1.82) is 0 Å². The van der Waals surface area contributed by atoms with Gasteiger partial charge in [0.05, 0.1) is 11.3 Å². The number of furan rings is 1. The molecule has 0 N–H and O–H groups in total. The summed E-state index contributed by atoms with van der Waals surface area (Å²) in [6, 6.07) is 1.74. The molecule has 2 aliphatic heterocycles. The molecule has 1 unspecified atom stereocenters. The van der Waals surface area contributed by atoms with Gasteiger partial charge in [-0.3, -0.25) is 9.59 Å².